The number of para-hydroxylation sites is 1. The lowest BCUT2D eigenvalue weighted by molar-refractivity contribution is 0.590. The van der Waals surface area contributed by atoms with Crippen LogP contribution in [0.25, 0.3) is 43.5 Å². The number of benzene rings is 10. The minimum Gasteiger partial charge on any atom is -0.311 e. The van der Waals surface area contributed by atoms with Gasteiger partial charge in [0.1, 0.15) is 0 Å². The molecule has 13 rings (SSSR count). The van der Waals surface area contributed by atoms with Gasteiger partial charge in [0.25, 0.3) is 6.71 Å². The molecule has 0 unspecified atom stereocenters. The van der Waals surface area contributed by atoms with Crippen LogP contribution in [0.4, 0.5) is 51.2 Å². The predicted molar refractivity (Wildman–Crippen MR) is 362 cm³/mol. The zero-order valence-corrected chi connectivity index (χ0v) is 51.1. The van der Waals surface area contributed by atoms with Crippen molar-refractivity contribution in [3.05, 3.63) is 253 Å². The van der Waals surface area contributed by atoms with Crippen LogP contribution in [0.15, 0.2) is 231 Å². The highest BCUT2D eigenvalue weighted by atomic mass is 32.1. The van der Waals surface area contributed by atoms with Crippen molar-refractivity contribution in [2.24, 2.45) is 0 Å². The van der Waals surface area contributed by atoms with Crippen molar-refractivity contribution in [2.45, 2.75) is 105 Å². The topological polar surface area (TPSA) is 9.72 Å². The Balaban J connectivity index is 1.15. The molecule has 5 heteroatoms. The average molecular weight is 1100 g/mol. The molecule has 2 aliphatic rings. The zero-order chi connectivity index (χ0) is 57.7. The van der Waals surface area contributed by atoms with Crippen LogP contribution in [0, 0.1) is 0 Å². The molecule has 0 atom stereocenters. The lowest BCUT2D eigenvalue weighted by Crippen LogP contribution is -2.60. The third kappa shape index (κ3) is 9.67. The largest absolute Gasteiger partial charge is 0.311 e. The molecule has 3 nitrogen and oxygen atoms in total. The SMILES string of the molecule is CC(C)(C)c1ccc(N(c2ccc3c(c2)N(c2ccc(C(C)(C)C)cc2)c2cc(-c4ccccc4-c4ccccc4)cc4c2B3c2sc3ccc(C(C)(C)C)cc3c2N4c2ccc(C(C)(C)C)cc2)c2ccccc2-c2ccccc2)cc1. The molecule has 0 saturated heterocycles. The summed E-state index contributed by atoms with van der Waals surface area (Å²) >= 11 is 1.97. The van der Waals surface area contributed by atoms with E-state index in [4.69, 9.17) is 0 Å². The van der Waals surface area contributed by atoms with Crippen molar-refractivity contribution in [3.8, 4) is 33.4 Å². The van der Waals surface area contributed by atoms with Crippen molar-refractivity contribution in [3.63, 3.8) is 0 Å². The maximum atomic E-state index is 2.64. The van der Waals surface area contributed by atoms with Crippen molar-refractivity contribution in [2.75, 3.05) is 14.7 Å². The molecule has 0 spiro atoms. The first-order valence-corrected chi connectivity index (χ1v) is 30.4. The summed E-state index contributed by atoms with van der Waals surface area (Å²) in [4.78, 5) is 7.74. The Morgan fingerprint density at radius 1 is 0.361 bits per heavy atom. The van der Waals surface area contributed by atoms with Gasteiger partial charge in [0.15, 0.2) is 0 Å². The Bertz CT molecular complexity index is 4230. The summed E-state index contributed by atoms with van der Waals surface area (Å²) in [6.45, 7) is 27.7. The van der Waals surface area contributed by atoms with E-state index in [1.807, 2.05) is 11.3 Å². The van der Waals surface area contributed by atoms with Gasteiger partial charge in [0.05, 0.1) is 11.4 Å². The lowest BCUT2D eigenvalue weighted by Gasteiger charge is -2.44. The number of hydrogen-bond donors (Lipinski definition) is 0. The molecule has 11 aromatic rings. The van der Waals surface area contributed by atoms with Gasteiger partial charge < -0.3 is 14.7 Å². The highest BCUT2D eigenvalue weighted by molar-refractivity contribution is 7.33. The summed E-state index contributed by atoms with van der Waals surface area (Å²) in [5, 5.41) is 1.29. The van der Waals surface area contributed by atoms with E-state index in [1.54, 1.807) is 0 Å². The molecule has 0 radical (unpaired) electrons. The van der Waals surface area contributed by atoms with Gasteiger partial charge in [0.2, 0.25) is 0 Å². The molecule has 0 saturated carbocycles. The molecule has 0 N–H and O–H groups in total. The second-order valence-corrected chi connectivity index (χ2v) is 28.2. The molecule has 0 amide bonds. The van der Waals surface area contributed by atoms with Gasteiger partial charge in [-0.05, 0) is 162 Å². The molecule has 83 heavy (non-hydrogen) atoms. The van der Waals surface area contributed by atoms with Crippen LogP contribution in [0.2, 0.25) is 0 Å². The summed E-state index contributed by atoms with van der Waals surface area (Å²) in [6.07, 6.45) is 0. The highest BCUT2D eigenvalue weighted by Crippen LogP contribution is 2.52. The predicted octanol–water partition coefficient (Wildman–Crippen LogP) is 20.6. The lowest BCUT2D eigenvalue weighted by atomic mass is 9.36. The number of rotatable bonds is 8. The van der Waals surface area contributed by atoms with E-state index in [1.165, 1.54) is 104 Å². The summed E-state index contributed by atoms with van der Waals surface area (Å²) in [7, 11) is 0. The molecule has 3 heterocycles. The van der Waals surface area contributed by atoms with E-state index in [9.17, 15) is 0 Å². The number of thiophene rings is 1. The summed E-state index contributed by atoms with van der Waals surface area (Å²) < 4.78 is 2.65. The van der Waals surface area contributed by atoms with Crippen molar-refractivity contribution in [1.82, 2.24) is 0 Å². The van der Waals surface area contributed by atoms with Crippen LogP contribution in [0.5, 0.6) is 0 Å². The fourth-order valence-electron chi connectivity index (χ4n) is 12.7. The number of hydrogen-bond acceptors (Lipinski definition) is 4. The van der Waals surface area contributed by atoms with Crippen molar-refractivity contribution >= 4 is 95.0 Å². The van der Waals surface area contributed by atoms with Crippen LogP contribution in [-0.4, -0.2) is 6.71 Å². The van der Waals surface area contributed by atoms with Gasteiger partial charge >= 0.3 is 0 Å². The van der Waals surface area contributed by atoms with Crippen LogP contribution >= 0.6 is 11.3 Å². The van der Waals surface area contributed by atoms with E-state index in [0.717, 1.165) is 28.4 Å². The Morgan fingerprint density at radius 2 is 0.807 bits per heavy atom. The molecule has 1 aromatic heterocycles. The molecule has 410 valence electrons. The quantitative estimate of drug-likeness (QED) is 0.140. The van der Waals surface area contributed by atoms with E-state index < -0.39 is 0 Å². The molecule has 10 aromatic carbocycles. The summed E-state index contributed by atoms with van der Waals surface area (Å²) in [5.41, 5.74) is 25.3. The van der Waals surface area contributed by atoms with Crippen LogP contribution in [0.3, 0.4) is 0 Å². The molecule has 2 aliphatic heterocycles. The molecule has 0 fully saturated rings. The molecular formula is C78H74BN3S. The standard InChI is InChI=1S/C78H74BN3S/c1-75(2,3)54-31-38-58(39-32-54)80(67-30-22-21-29-64(67)52-25-17-14-18-26-52)61-44-45-66-68(50-61)81(59-40-33-55(34-41-59)76(4,5)6)69-47-53(63-28-20-19-27-62(63)51-23-15-13-16-24-51)48-70-72(69)79(66)74-73(65-49-57(78(10,11)12)37-46-71(65)83-74)82(70)60-42-35-56(36-43-60)77(7,8)9/h13-50H,1-12H3. The van der Waals surface area contributed by atoms with Gasteiger partial charge in [-0.3, -0.25) is 0 Å². The van der Waals surface area contributed by atoms with Gasteiger partial charge in [-0.1, -0.05) is 235 Å². The first-order valence-electron chi connectivity index (χ1n) is 29.6. The van der Waals surface area contributed by atoms with E-state index in [0.29, 0.717) is 0 Å². The van der Waals surface area contributed by atoms with Gasteiger partial charge in [0, 0.05) is 60.2 Å². The smallest absolute Gasteiger partial charge is 0.264 e. The van der Waals surface area contributed by atoms with E-state index in [2.05, 4.69) is 328 Å². The third-order valence-corrected chi connectivity index (χ3v) is 18.5. The fourth-order valence-corrected chi connectivity index (χ4v) is 14.0. The Morgan fingerprint density at radius 3 is 1.36 bits per heavy atom. The maximum Gasteiger partial charge on any atom is 0.264 e. The Hall–Kier alpha value is -8.38. The number of anilines is 9. The Labute approximate surface area is 497 Å². The van der Waals surface area contributed by atoms with Gasteiger partial charge in [-0.15, -0.1) is 11.3 Å². The third-order valence-electron chi connectivity index (χ3n) is 17.3. The van der Waals surface area contributed by atoms with Gasteiger partial charge in [-0.25, -0.2) is 0 Å². The van der Waals surface area contributed by atoms with Crippen molar-refractivity contribution in [1.29, 1.82) is 0 Å². The summed E-state index contributed by atoms with van der Waals surface area (Å²) in [5.74, 6) is 0. The minimum atomic E-state index is -0.0840. The molecule has 0 aliphatic carbocycles. The second kappa shape index (κ2) is 20.2. The molecular weight excluding hydrogens is 1020 g/mol. The fraction of sp³-hybridized carbons (Fsp3) is 0.205. The van der Waals surface area contributed by atoms with Crippen LogP contribution in [-0.2, 0) is 21.7 Å². The number of fused-ring (bicyclic) bond motifs is 6. The maximum absolute atomic E-state index is 2.64. The number of nitrogens with zero attached hydrogens (tertiary/aromatic N) is 3. The normalized spacial score (nSPS) is 13.2. The minimum absolute atomic E-state index is 0.00190. The second-order valence-electron chi connectivity index (χ2n) is 27.1. The molecule has 0 bridgehead atoms. The van der Waals surface area contributed by atoms with Crippen LogP contribution in [0.1, 0.15) is 105 Å². The first kappa shape index (κ1) is 53.9. The monoisotopic (exact) mass is 1100 g/mol. The van der Waals surface area contributed by atoms with E-state index >= 15 is 0 Å². The van der Waals surface area contributed by atoms with Gasteiger partial charge in [-0.2, -0.15) is 0 Å². The summed E-state index contributed by atoms with van der Waals surface area (Å²) in [6, 6.07) is 87.6. The van der Waals surface area contributed by atoms with E-state index in [-0.39, 0.29) is 28.4 Å². The van der Waals surface area contributed by atoms with Crippen LogP contribution < -0.4 is 30.4 Å². The van der Waals surface area contributed by atoms with Crippen molar-refractivity contribution < 1.29 is 0 Å². The highest BCUT2D eigenvalue weighted by Gasteiger charge is 2.46. The zero-order valence-electron chi connectivity index (χ0n) is 50.3. The Kier molecular flexibility index (Phi) is 13.1. The first-order chi connectivity index (χ1) is 39.7. The average Bonchev–Trinajstić information content (AvgIpc) is 1.92.